The number of sulfonamides is 1. The number of halogens is 1. The molecule has 0 aliphatic carbocycles. The quantitative estimate of drug-likeness (QED) is 0.402. The molecule has 3 aromatic rings. The number of para-hydroxylation sites is 1. The lowest BCUT2D eigenvalue weighted by atomic mass is 10.00. The van der Waals surface area contributed by atoms with E-state index in [1.165, 1.54) is 23.1 Å². The van der Waals surface area contributed by atoms with E-state index in [9.17, 15) is 22.4 Å². The van der Waals surface area contributed by atoms with Crippen LogP contribution in [0.4, 0.5) is 10.1 Å². The number of carbonyl (C=O) groups excluding carboxylic acids is 2. The van der Waals surface area contributed by atoms with E-state index < -0.39 is 39.9 Å². The van der Waals surface area contributed by atoms with Gasteiger partial charge in [0.2, 0.25) is 21.8 Å². The van der Waals surface area contributed by atoms with Gasteiger partial charge in [0.25, 0.3) is 0 Å². The molecule has 0 saturated heterocycles. The average molecular weight is 554 g/mol. The van der Waals surface area contributed by atoms with Gasteiger partial charge in [-0.3, -0.25) is 13.9 Å². The minimum atomic E-state index is -4.04. The summed E-state index contributed by atoms with van der Waals surface area (Å²) in [6.45, 7) is 6.85. The lowest BCUT2D eigenvalue weighted by Gasteiger charge is -2.35. The number of benzene rings is 3. The fraction of sp³-hybridized carbons (Fsp3) is 0.333. The van der Waals surface area contributed by atoms with Gasteiger partial charge < -0.3 is 10.2 Å². The molecule has 1 atom stereocenters. The van der Waals surface area contributed by atoms with Gasteiger partial charge in [-0.15, -0.1) is 0 Å². The number of aryl methyl sites for hydroxylation is 1. The molecular weight excluding hydrogens is 517 g/mol. The summed E-state index contributed by atoms with van der Waals surface area (Å²) in [6, 6.07) is 21.2. The molecule has 7 nitrogen and oxygen atoms in total. The molecule has 0 saturated carbocycles. The first-order valence-corrected chi connectivity index (χ1v) is 14.5. The van der Waals surface area contributed by atoms with Crippen molar-refractivity contribution in [2.45, 2.75) is 52.2 Å². The second kappa shape index (κ2) is 12.4. The summed E-state index contributed by atoms with van der Waals surface area (Å²) >= 11 is 0. The van der Waals surface area contributed by atoms with E-state index in [2.05, 4.69) is 5.32 Å². The Morgan fingerprint density at radius 1 is 0.923 bits per heavy atom. The van der Waals surface area contributed by atoms with Crippen LogP contribution in [-0.2, 0) is 32.6 Å². The second-order valence-electron chi connectivity index (χ2n) is 10.6. The van der Waals surface area contributed by atoms with E-state index >= 15 is 0 Å². The molecular formula is C30H36FN3O4S. The van der Waals surface area contributed by atoms with E-state index in [-0.39, 0.29) is 24.6 Å². The van der Waals surface area contributed by atoms with Crippen LogP contribution in [0.2, 0.25) is 0 Å². The van der Waals surface area contributed by atoms with Gasteiger partial charge in [0, 0.05) is 18.5 Å². The highest BCUT2D eigenvalue weighted by Gasteiger charge is 2.34. The third kappa shape index (κ3) is 8.38. The zero-order valence-electron chi connectivity index (χ0n) is 23.0. The number of carbonyl (C=O) groups is 2. The van der Waals surface area contributed by atoms with Gasteiger partial charge >= 0.3 is 0 Å². The van der Waals surface area contributed by atoms with Crippen molar-refractivity contribution in [2.24, 2.45) is 0 Å². The standard InChI is InChI=1S/C30H36FN3O4S/c1-22-13-9-10-16-24(22)20-33(27(29(36)32-30(2,3)4)19-23-14-7-6-8-15-23)28(35)21-34(39(5,37)38)26-18-12-11-17-25(26)31/h6-18,27H,19-21H2,1-5H3,(H,32,36)/t27-/m1/s1. The van der Waals surface area contributed by atoms with Crippen LogP contribution in [0, 0.1) is 12.7 Å². The van der Waals surface area contributed by atoms with Gasteiger partial charge in [0.15, 0.2) is 0 Å². The molecule has 2 amide bonds. The van der Waals surface area contributed by atoms with Gasteiger partial charge in [0.1, 0.15) is 18.4 Å². The highest BCUT2D eigenvalue weighted by molar-refractivity contribution is 7.92. The molecule has 0 radical (unpaired) electrons. The average Bonchev–Trinajstić information content (AvgIpc) is 2.85. The largest absolute Gasteiger partial charge is 0.350 e. The van der Waals surface area contributed by atoms with Crippen molar-refractivity contribution in [3.63, 3.8) is 0 Å². The van der Waals surface area contributed by atoms with Crippen molar-refractivity contribution in [3.8, 4) is 0 Å². The zero-order chi connectivity index (χ0) is 28.8. The molecule has 208 valence electrons. The number of anilines is 1. The smallest absolute Gasteiger partial charge is 0.244 e. The van der Waals surface area contributed by atoms with Gasteiger partial charge in [0.05, 0.1) is 11.9 Å². The summed E-state index contributed by atoms with van der Waals surface area (Å²) in [5.41, 5.74) is 1.75. The van der Waals surface area contributed by atoms with Crippen molar-refractivity contribution in [1.29, 1.82) is 0 Å². The Kier molecular flexibility index (Phi) is 9.50. The fourth-order valence-corrected chi connectivity index (χ4v) is 5.08. The first-order valence-electron chi connectivity index (χ1n) is 12.7. The van der Waals surface area contributed by atoms with E-state index in [4.69, 9.17) is 0 Å². The van der Waals surface area contributed by atoms with Crippen LogP contribution in [0.5, 0.6) is 0 Å². The van der Waals surface area contributed by atoms with Crippen LogP contribution in [0.15, 0.2) is 78.9 Å². The predicted molar refractivity (Wildman–Crippen MR) is 152 cm³/mol. The summed E-state index contributed by atoms with van der Waals surface area (Å²) in [7, 11) is -4.04. The third-order valence-corrected chi connectivity index (χ3v) is 7.30. The lowest BCUT2D eigenvalue weighted by Crippen LogP contribution is -2.56. The molecule has 1 N–H and O–H groups in total. The predicted octanol–water partition coefficient (Wildman–Crippen LogP) is 4.45. The molecule has 0 bridgehead atoms. The van der Waals surface area contributed by atoms with Gasteiger partial charge in [-0.05, 0) is 56.5 Å². The van der Waals surface area contributed by atoms with Crippen molar-refractivity contribution in [3.05, 3.63) is 101 Å². The van der Waals surface area contributed by atoms with Crippen LogP contribution in [-0.4, -0.2) is 49.5 Å². The minimum Gasteiger partial charge on any atom is -0.350 e. The third-order valence-electron chi connectivity index (χ3n) is 6.17. The molecule has 0 aromatic heterocycles. The lowest BCUT2D eigenvalue weighted by molar-refractivity contribution is -0.140. The van der Waals surface area contributed by atoms with Crippen molar-refractivity contribution < 1.29 is 22.4 Å². The van der Waals surface area contributed by atoms with Crippen LogP contribution in [0.25, 0.3) is 0 Å². The summed E-state index contributed by atoms with van der Waals surface area (Å²) in [5.74, 6) is -1.77. The number of nitrogens with zero attached hydrogens (tertiary/aromatic N) is 2. The number of nitrogens with one attached hydrogen (secondary N) is 1. The van der Waals surface area contributed by atoms with Gasteiger partial charge in [-0.25, -0.2) is 12.8 Å². The maximum absolute atomic E-state index is 14.7. The Hall–Kier alpha value is -3.72. The van der Waals surface area contributed by atoms with E-state index in [0.29, 0.717) is 0 Å². The first-order chi connectivity index (χ1) is 18.3. The normalized spacial score (nSPS) is 12.5. The van der Waals surface area contributed by atoms with Gasteiger partial charge in [-0.2, -0.15) is 0 Å². The second-order valence-corrected chi connectivity index (χ2v) is 12.5. The fourth-order valence-electron chi connectivity index (χ4n) is 4.23. The molecule has 3 rings (SSSR count). The number of amides is 2. The molecule has 0 heterocycles. The minimum absolute atomic E-state index is 0.0649. The van der Waals surface area contributed by atoms with Crippen molar-refractivity contribution in [2.75, 3.05) is 17.1 Å². The molecule has 0 unspecified atom stereocenters. The molecule has 0 fully saturated rings. The number of hydrogen-bond acceptors (Lipinski definition) is 4. The number of hydrogen-bond donors (Lipinski definition) is 1. The maximum atomic E-state index is 14.7. The summed E-state index contributed by atoms with van der Waals surface area (Å²) < 4.78 is 40.9. The van der Waals surface area contributed by atoms with E-state index in [1.807, 2.05) is 82.3 Å². The molecule has 0 spiro atoms. The van der Waals surface area contributed by atoms with Crippen LogP contribution < -0.4 is 9.62 Å². The van der Waals surface area contributed by atoms with Crippen LogP contribution in [0.1, 0.15) is 37.5 Å². The topological polar surface area (TPSA) is 86.8 Å². The monoisotopic (exact) mass is 553 g/mol. The van der Waals surface area contributed by atoms with Crippen LogP contribution >= 0.6 is 0 Å². The van der Waals surface area contributed by atoms with Crippen LogP contribution in [0.3, 0.4) is 0 Å². The van der Waals surface area contributed by atoms with E-state index in [0.717, 1.165) is 33.3 Å². The summed E-state index contributed by atoms with van der Waals surface area (Å²) in [6.07, 6.45) is 1.13. The van der Waals surface area contributed by atoms with Gasteiger partial charge in [-0.1, -0.05) is 66.7 Å². The van der Waals surface area contributed by atoms with Crippen molar-refractivity contribution >= 4 is 27.5 Å². The Balaban J connectivity index is 2.10. The highest BCUT2D eigenvalue weighted by atomic mass is 32.2. The highest BCUT2D eigenvalue weighted by Crippen LogP contribution is 2.23. The maximum Gasteiger partial charge on any atom is 0.244 e. The molecule has 0 aliphatic heterocycles. The Morgan fingerprint density at radius 3 is 2.10 bits per heavy atom. The SMILES string of the molecule is Cc1ccccc1CN(C(=O)CN(c1ccccc1F)S(C)(=O)=O)[C@H](Cc1ccccc1)C(=O)NC(C)(C)C. The first kappa shape index (κ1) is 29.8. The van der Waals surface area contributed by atoms with E-state index in [1.54, 1.807) is 0 Å². The molecule has 0 aliphatic rings. The zero-order valence-corrected chi connectivity index (χ0v) is 23.8. The Morgan fingerprint density at radius 2 is 1.51 bits per heavy atom. The summed E-state index contributed by atoms with van der Waals surface area (Å²) in [5, 5.41) is 2.97. The number of rotatable bonds is 10. The summed E-state index contributed by atoms with van der Waals surface area (Å²) in [4.78, 5) is 29.1. The molecule has 3 aromatic carbocycles. The Labute approximate surface area is 230 Å². The molecule has 39 heavy (non-hydrogen) atoms. The Bertz CT molecular complexity index is 1400. The molecule has 9 heteroatoms. The van der Waals surface area contributed by atoms with Crippen molar-refractivity contribution in [1.82, 2.24) is 10.2 Å².